The van der Waals surface area contributed by atoms with Crippen molar-refractivity contribution >= 4 is 5.97 Å². The Bertz CT molecular complexity index is 207. The molecule has 0 amide bonds. The molecule has 1 saturated heterocycles. The number of piperidine rings is 1. The number of ether oxygens (including phenoxy) is 1. The van der Waals surface area contributed by atoms with Crippen LogP contribution in [0.15, 0.2) is 0 Å². The van der Waals surface area contributed by atoms with E-state index in [1.165, 1.54) is 26.4 Å². The van der Waals surface area contributed by atoms with Gasteiger partial charge in [-0.2, -0.15) is 0 Å². The molecule has 0 aromatic rings. The van der Waals surface area contributed by atoms with Crippen LogP contribution in [0.2, 0.25) is 0 Å². The Morgan fingerprint density at radius 1 is 1.50 bits per heavy atom. The molecule has 0 bridgehead atoms. The lowest BCUT2D eigenvalue weighted by molar-refractivity contribution is -0.140. The number of methoxy groups -OCH3 is 1. The summed E-state index contributed by atoms with van der Waals surface area (Å²) in [7, 11) is 1.44. The zero-order valence-corrected chi connectivity index (χ0v) is 10.3. The summed E-state index contributed by atoms with van der Waals surface area (Å²) in [5.41, 5.74) is 5.62. The summed E-state index contributed by atoms with van der Waals surface area (Å²) < 4.78 is 4.64. The minimum Gasteiger partial charge on any atom is -0.469 e. The number of likely N-dealkylation sites (tertiary alicyclic amines) is 1. The molecule has 0 spiro atoms. The lowest BCUT2D eigenvalue weighted by Crippen LogP contribution is -2.41. The summed E-state index contributed by atoms with van der Waals surface area (Å²) in [5, 5.41) is 0. The first kappa shape index (κ1) is 13.5. The van der Waals surface area contributed by atoms with Gasteiger partial charge in [0.1, 0.15) is 0 Å². The number of hydrogen-bond donors (Lipinski definition) is 1. The highest BCUT2D eigenvalue weighted by atomic mass is 16.5. The van der Waals surface area contributed by atoms with Crippen LogP contribution in [0.3, 0.4) is 0 Å². The molecule has 1 aliphatic rings. The summed E-state index contributed by atoms with van der Waals surface area (Å²) >= 11 is 0. The average Bonchev–Trinajstić information content (AvgIpc) is 2.31. The predicted octanol–water partition coefficient (Wildman–Crippen LogP) is 1.14. The summed E-state index contributed by atoms with van der Waals surface area (Å²) in [6.07, 6.45) is 6.36. The number of esters is 1. The first-order valence-electron chi connectivity index (χ1n) is 6.29. The molecule has 0 radical (unpaired) electrons. The molecule has 1 atom stereocenters. The topological polar surface area (TPSA) is 55.6 Å². The third-order valence-corrected chi connectivity index (χ3v) is 3.30. The van der Waals surface area contributed by atoms with Gasteiger partial charge in [0.15, 0.2) is 0 Å². The molecule has 0 aromatic carbocycles. The fourth-order valence-electron chi connectivity index (χ4n) is 2.40. The third-order valence-electron chi connectivity index (χ3n) is 3.30. The Morgan fingerprint density at radius 3 is 3.00 bits per heavy atom. The average molecular weight is 228 g/mol. The second-order valence-electron chi connectivity index (χ2n) is 4.44. The molecule has 4 nitrogen and oxygen atoms in total. The van der Waals surface area contributed by atoms with E-state index in [4.69, 9.17) is 5.73 Å². The Hall–Kier alpha value is -0.610. The Labute approximate surface area is 98.1 Å². The Morgan fingerprint density at radius 2 is 2.31 bits per heavy atom. The molecule has 16 heavy (non-hydrogen) atoms. The van der Waals surface area contributed by atoms with Gasteiger partial charge in [0.25, 0.3) is 0 Å². The molecule has 0 saturated carbocycles. The largest absolute Gasteiger partial charge is 0.469 e. The fourth-order valence-corrected chi connectivity index (χ4v) is 2.40. The molecule has 1 heterocycles. The van der Waals surface area contributed by atoms with Crippen molar-refractivity contribution in [3.05, 3.63) is 0 Å². The van der Waals surface area contributed by atoms with Crippen molar-refractivity contribution < 1.29 is 9.53 Å². The lowest BCUT2D eigenvalue weighted by Gasteiger charge is -2.35. The van der Waals surface area contributed by atoms with Crippen molar-refractivity contribution in [1.29, 1.82) is 0 Å². The summed E-state index contributed by atoms with van der Waals surface area (Å²) in [6.45, 7) is 2.92. The maximum absolute atomic E-state index is 11.0. The maximum Gasteiger partial charge on any atom is 0.305 e. The van der Waals surface area contributed by atoms with Crippen molar-refractivity contribution in [3.8, 4) is 0 Å². The summed E-state index contributed by atoms with van der Waals surface area (Å²) in [6, 6.07) is 0.636. The van der Waals surface area contributed by atoms with E-state index in [1.54, 1.807) is 0 Å². The summed E-state index contributed by atoms with van der Waals surface area (Å²) in [4.78, 5) is 13.5. The molecule has 94 valence electrons. The van der Waals surface area contributed by atoms with Crippen molar-refractivity contribution in [3.63, 3.8) is 0 Å². The molecule has 2 N–H and O–H groups in total. The van der Waals surface area contributed by atoms with Crippen molar-refractivity contribution in [1.82, 2.24) is 4.90 Å². The minimum absolute atomic E-state index is 0.104. The molecule has 0 aliphatic carbocycles. The molecule has 1 aliphatic heterocycles. The lowest BCUT2D eigenvalue weighted by atomic mass is 9.99. The van der Waals surface area contributed by atoms with Gasteiger partial charge in [0.2, 0.25) is 0 Å². The van der Waals surface area contributed by atoms with E-state index in [9.17, 15) is 4.79 Å². The van der Waals surface area contributed by atoms with Crippen LogP contribution in [0, 0.1) is 0 Å². The minimum atomic E-state index is -0.104. The van der Waals surface area contributed by atoms with Crippen LogP contribution in [0.5, 0.6) is 0 Å². The normalized spacial score (nSPS) is 22.0. The van der Waals surface area contributed by atoms with Crippen LogP contribution < -0.4 is 5.73 Å². The highest BCUT2D eigenvalue weighted by molar-refractivity contribution is 5.69. The second kappa shape index (κ2) is 7.63. The highest BCUT2D eigenvalue weighted by Gasteiger charge is 2.21. The number of carbonyl (C=O) groups excluding carboxylic acids is 1. The Balaban J connectivity index is 2.24. The van der Waals surface area contributed by atoms with E-state index in [0.717, 1.165) is 32.5 Å². The number of nitrogens with zero attached hydrogens (tertiary/aromatic N) is 1. The molecule has 4 heteroatoms. The van der Waals surface area contributed by atoms with E-state index in [1.807, 2.05) is 0 Å². The van der Waals surface area contributed by atoms with Gasteiger partial charge in [-0.15, -0.1) is 0 Å². The number of hydrogen-bond acceptors (Lipinski definition) is 4. The van der Waals surface area contributed by atoms with Crippen LogP contribution in [-0.4, -0.2) is 43.7 Å². The highest BCUT2D eigenvalue weighted by Crippen LogP contribution is 2.19. The van der Waals surface area contributed by atoms with E-state index >= 15 is 0 Å². The van der Waals surface area contributed by atoms with Gasteiger partial charge in [-0.3, -0.25) is 4.79 Å². The first-order chi connectivity index (χ1) is 7.77. The van der Waals surface area contributed by atoms with E-state index < -0.39 is 0 Å². The van der Waals surface area contributed by atoms with Gasteiger partial charge in [0.05, 0.1) is 7.11 Å². The van der Waals surface area contributed by atoms with Gasteiger partial charge in [0, 0.05) is 12.5 Å². The first-order valence-corrected chi connectivity index (χ1v) is 6.29. The van der Waals surface area contributed by atoms with Crippen LogP contribution in [0.4, 0.5) is 0 Å². The summed E-state index contributed by atoms with van der Waals surface area (Å²) in [5.74, 6) is -0.104. The molecule has 1 fully saturated rings. The smallest absolute Gasteiger partial charge is 0.305 e. The quantitative estimate of drug-likeness (QED) is 0.693. The van der Waals surface area contributed by atoms with Gasteiger partial charge < -0.3 is 15.4 Å². The fraction of sp³-hybridized carbons (Fsp3) is 0.917. The SMILES string of the molecule is COC(=O)CCCN1CCCCC1CCN. The van der Waals surface area contributed by atoms with E-state index in [0.29, 0.717) is 12.5 Å². The molecular formula is C12H24N2O2. The van der Waals surface area contributed by atoms with E-state index in [2.05, 4.69) is 9.64 Å². The van der Waals surface area contributed by atoms with Crippen molar-refractivity contribution in [2.45, 2.75) is 44.6 Å². The Kier molecular flexibility index (Phi) is 6.42. The van der Waals surface area contributed by atoms with Crippen molar-refractivity contribution in [2.75, 3.05) is 26.7 Å². The van der Waals surface area contributed by atoms with Gasteiger partial charge in [-0.05, 0) is 45.3 Å². The predicted molar refractivity (Wildman–Crippen MR) is 64.1 cm³/mol. The van der Waals surface area contributed by atoms with Gasteiger partial charge >= 0.3 is 5.97 Å². The van der Waals surface area contributed by atoms with Gasteiger partial charge in [-0.25, -0.2) is 0 Å². The number of carbonyl (C=O) groups is 1. The zero-order chi connectivity index (χ0) is 11.8. The molecule has 1 rings (SSSR count). The van der Waals surface area contributed by atoms with Crippen LogP contribution >= 0.6 is 0 Å². The maximum atomic E-state index is 11.0. The molecular weight excluding hydrogens is 204 g/mol. The second-order valence-corrected chi connectivity index (χ2v) is 4.44. The molecule has 1 unspecified atom stereocenters. The third kappa shape index (κ3) is 4.49. The number of rotatable bonds is 6. The van der Waals surface area contributed by atoms with Crippen LogP contribution in [0.1, 0.15) is 38.5 Å². The molecule has 0 aromatic heterocycles. The van der Waals surface area contributed by atoms with Crippen molar-refractivity contribution in [2.24, 2.45) is 5.73 Å². The monoisotopic (exact) mass is 228 g/mol. The van der Waals surface area contributed by atoms with Crippen LogP contribution in [-0.2, 0) is 9.53 Å². The number of nitrogens with two attached hydrogens (primary N) is 1. The standard InChI is InChI=1S/C12H24N2O2/c1-16-12(15)6-4-10-14-9-3-2-5-11(14)7-8-13/h11H,2-10,13H2,1H3. The van der Waals surface area contributed by atoms with E-state index in [-0.39, 0.29) is 5.97 Å². The van der Waals surface area contributed by atoms with Gasteiger partial charge in [-0.1, -0.05) is 6.42 Å². The zero-order valence-electron chi connectivity index (χ0n) is 10.3. The van der Waals surface area contributed by atoms with Crippen LogP contribution in [0.25, 0.3) is 0 Å².